The zero-order valence-electron chi connectivity index (χ0n) is 14.2. The van der Waals surface area contributed by atoms with Crippen molar-refractivity contribution in [2.24, 2.45) is 5.92 Å². The van der Waals surface area contributed by atoms with Gasteiger partial charge in [-0.3, -0.25) is 9.59 Å². The Morgan fingerprint density at radius 2 is 1.87 bits per heavy atom. The first-order valence-electron chi connectivity index (χ1n) is 7.66. The Balaban J connectivity index is 2.43. The van der Waals surface area contributed by atoms with E-state index in [0.29, 0.717) is 18.0 Å². The van der Waals surface area contributed by atoms with Crippen LogP contribution in [0.3, 0.4) is 0 Å². The van der Waals surface area contributed by atoms with Gasteiger partial charge in [-0.05, 0) is 24.1 Å². The van der Waals surface area contributed by atoms with Crippen LogP contribution in [-0.2, 0) is 20.9 Å². The second-order valence-electron chi connectivity index (χ2n) is 5.26. The summed E-state index contributed by atoms with van der Waals surface area (Å²) in [6, 6.07) is 5.39. The predicted octanol–water partition coefficient (Wildman–Crippen LogP) is 2.30. The highest BCUT2D eigenvalue weighted by molar-refractivity contribution is 5.81. The first-order valence-corrected chi connectivity index (χ1v) is 7.66. The quantitative estimate of drug-likeness (QED) is 0.706. The van der Waals surface area contributed by atoms with Crippen molar-refractivity contribution in [3.63, 3.8) is 0 Å². The lowest BCUT2D eigenvalue weighted by atomic mass is 10.1. The zero-order valence-corrected chi connectivity index (χ0v) is 14.2. The van der Waals surface area contributed by atoms with Gasteiger partial charge in [-0.2, -0.15) is 0 Å². The number of carbonyl (C=O) groups is 2. The molecule has 1 N–H and O–H groups in total. The van der Waals surface area contributed by atoms with Gasteiger partial charge in [-0.25, -0.2) is 0 Å². The lowest BCUT2D eigenvalue weighted by molar-refractivity contribution is -0.152. The maximum Gasteiger partial charge on any atom is 0.309 e. The van der Waals surface area contributed by atoms with E-state index in [-0.39, 0.29) is 24.4 Å². The Morgan fingerprint density at radius 3 is 2.48 bits per heavy atom. The second kappa shape index (κ2) is 9.71. The molecule has 0 bridgehead atoms. The van der Waals surface area contributed by atoms with E-state index in [9.17, 15) is 9.59 Å². The maximum absolute atomic E-state index is 11.7. The Kier molecular flexibility index (Phi) is 7.94. The molecule has 0 spiro atoms. The van der Waals surface area contributed by atoms with Gasteiger partial charge in [0.2, 0.25) is 0 Å². The van der Waals surface area contributed by atoms with Crippen LogP contribution in [0, 0.1) is 5.92 Å². The number of carbonyl (C=O) groups excluding carboxylic acids is 2. The van der Waals surface area contributed by atoms with Crippen molar-refractivity contribution in [1.29, 1.82) is 0 Å². The summed E-state index contributed by atoms with van der Waals surface area (Å²) in [5, 5.41) is 2.70. The maximum atomic E-state index is 11.7. The molecule has 1 aromatic carbocycles. The van der Waals surface area contributed by atoms with E-state index in [1.54, 1.807) is 33.3 Å². The molecule has 0 saturated carbocycles. The van der Waals surface area contributed by atoms with Gasteiger partial charge in [0.05, 0.1) is 20.1 Å². The highest BCUT2D eigenvalue weighted by atomic mass is 16.5. The van der Waals surface area contributed by atoms with Crippen LogP contribution in [0.5, 0.6) is 11.5 Å². The summed E-state index contributed by atoms with van der Waals surface area (Å²) in [7, 11) is 3.12. The van der Waals surface area contributed by atoms with Gasteiger partial charge in [-0.1, -0.05) is 26.3 Å². The Hall–Kier alpha value is -2.24. The standard InChI is InChI=1S/C17H25NO5/c1-5-6-12(2)17(20)23-11-16(19)18-10-13-7-8-14(21-3)15(9-13)22-4/h7-9,12H,5-6,10-11H2,1-4H3,(H,18,19)/t12-/m1/s1. The summed E-state index contributed by atoms with van der Waals surface area (Å²) >= 11 is 0. The highest BCUT2D eigenvalue weighted by Crippen LogP contribution is 2.27. The van der Waals surface area contributed by atoms with Gasteiger partial charge < -0.3 is 19.5 Å². The van der Waals surface area contributed by atoms with Crippen LogP contribution < -0.4 is 14.8 Å². The molecule has 1 aromatic rings. The third-order valence-electron chi connectivity index (χ3n) is 3.41. The first kappa shape index (κ1) is 18.8. The fraction of sp³-hybridized carbons (Fsp3) is 0.529. The van der Waals surface area contributed by atoms with Gasteiger partial charge in [-0.15, -0.1) is 0 Å². The predicted molar refractivity (Wildman–Crippen MR) is 86.4 cm³/mol. The minimum Gasteiger partial charge on any atom is -0.493 e. The van der Waals surface area contributed by atoms with E-state index >= 15 is 0 Å². The molecule has 0 aliphatic heterocycles. The molecule has 1 atom stereocenters. The minimum atomic E-state index is -0.340. The summed E-state index contributed by atoms with van der Waals surface area (Å²) in [6.45, 7) is 3.86. The molecule has 0 fully saturated rings. The summed E-state index contributed by atoms with van der Waals surface area (Å²) in [4.78, 5) is 23.4. The second-order valence-corrected chi connectivity index (χ2v) is 5.26. The number of nitrogens with one attached hydrogen (secondary N) is 1. The van der Waals surface area contributed by atoms with E-state index in [1.807, 2.05) is 13.0 Å². The molecule has 0 aliphatic rings. The largest absolute Gasteiger partial charge is 0.493 e. The topological polar surface area (TPSA) is 73.9 Å². The van der Waals surface area contributed by atoms with Gasteiger partial charge in [0.25, 0.3) is 5.91 Å². The van der Waals surface area contributed by atoms with Crippen molar-refractivity contribution < 1.29 is 23.8 Å². The average molecular weight is 323 g/mol. The van der Waals surface area contributed by atoms with Crippen molar-refractivity contribution in [3.05, 3.63) is 23.8 Å². The van der Waals surface area contributed by atoms with Crippen molar-refractivity contribution in [3.8, 4) is 11.5 Å². The van der Waals surface area contributed by atoms with Crippen LogP contribution in [-0.4, -0.2) is 32.7 Å². The van der Waals surface area contributed by atoms with Crippen molar-refractivity contribution >= 4 is 11.9 Å². The van der Waals surface area contributed by atoms with Crippen LogP contribution >= 0.6 is 0 Å². The van der Waals surface area contributed by atoms with E-state index in [0.717, 1.165) is 18.4 Å². The van der Waals surface area contributed by atoms with E-state index < -0.39 is 0 Å². The van der Waals surface area contributed by atoms with Crippen molar-refractivity contribution in [1.82, 2.24) is 5.32 Å². The number of rotatable bonds is 9. The molecule has 0 aliphatic carbocycles. The number of benzene rings is 1. The van der Waals surface area contributed by atoms with Crippen molar-refractivity contribution in [2.45, 2.75) is 33.2 Å². The van der Waals surface area contributed by atoms with Crippen LogP contribution in [0.1, 0.15) is 32.3 Å². The number of hydrogen-bond donors (Lipinski definition) is 1. The Labute approximate surface area is 137 Å². The third kappa shape index (κ3) is 6.18. The molecule has 1 rings (SSSR count). The third-order valence-corrected chi connectivity index (χ3v) is 3.41. The summed E-state index contributed by atoms with van der Waals surface area (Å²) in [5.41, 5.74) is 0.863. The first-order chi connectivity index (χ1) is 11.0. The summed E-state index contributed by atoms with van der Waals surface area (Å²) in [5.74, 6) is 0.365. The van der Waals surface area contributed by atoms with Crippen LogP contribution in [0.15, 0.2) is 18.2 Å². The van der Waals surface area contributed by atoms with E-state index in [2.05, 4.69) is 5.32 Å². The lowest BCUT2D eigenvalue weighted by Crippen LogP contribution is -2.29. The van der Waals surface area contributed by atoms with Gasteiger partial charge in [0, 0.05) is 6.54 Å². The van der Waals surface area contributed by atoms with Gasteiger partial charge >= 0.3 is 5.97 Å². The molecule has 0 heterocycles. The molecule has 0 unspecified atom stereocenters. The fourth-order valence-corrected chi connectivity index (χ4v) is 2.07. The molecule has 0 saturated heterocycles. The molecular weight excluding hydrogens is 298 g/mol. The molecule has 128 valence electrons. The van der Waals surface area contributed by atoms with Crippen LogP contribution in [0.25, 0.3) is 0 Å². The smallest absolute Gasteiger partial charge is 0.309 e. The summed E-state index contributed by atoms with van der Waals surface area (Å²) in [6.07, 6.45) is 1.66. The number of methoxy groups -OCH3 is 2. The van der Waals surface area contributed by atoms with E-state index in [1.165, 1.54) is 0 Å². The van der Waals surface area contributed by atoms with Crippen LogP contribution in [0.4, 0.5) is 0 Å². The Bertz CT molecular complexity index is 530. The van der Waals surface area contributed by atoms with Crippen molar-refractivity contribution in [2.75, 3.05) is 20.8 Å². The van der Waals surface area contributed by atoms with Gasteiger partial charge in [0.15, 0.2) is 18.1 Å². The molecule has 0 aromatic heterocycles. The number of amides is 1. The number of ether oxygens (including phenoxy) is 3. The zero-order chi connectivity index (χ0) is 17.2. The highest BCUT2D eigenvalue weighted by Gasteiger charge is 2.15. The average Bonchev–Trinajstić information content (AvgIpc) is 2.57. The Morgan fingerprint density at radius 1 is 1.17 bits per heavy atom. The monoisotopic (exact) mass is 323 g/mol. The fourth-order valence-electron chi connectivity index (χ4n) is 2.07. The molecule has 6 nitrogen and oxygen atoms in total. The number of hydrogen-bond acceptors (Lipinski definition) is 5. The van der Waals surface area contributed by atoms with Gasteiger partial charge in [0.1, 0.15) is 0 Å². The molecule has 6 heteroatoms. The van der Waals surface area contributed by atoms with Crippen LogP contribution in [0.2, 0.25) is 0 Å². The lowest BCUT2D eigenvalue weighted by Gasteiger charge is -2.12. The molecule has 0 radical (unpaired) electrons. The number of esters is 1. The SMILES string of the molecule is CCC[C@@H](C)C(=O)OCC(=O)NCc1ccc(OC)c(OC)c1. The minimum absolute atomic E-state index is 0.182. The van der Waals surface area contributed by atoms with E-state index in [4.69, 9.17) is 14.2 Å². The molecular formula is C17H25NO5. The normalized spacial score (nSPS) is 11.5. The summed E-state index contributed by atoms with van der Waals surface area (Å²) < 4.78 is 15.4. The molecule has 1 amide bonds. The molecule has 23 heavy (non-hydrogen) atoms.